The third-order valence-corrected chi connectivity index (χ3v) is 4.14. The van der Waals surface area contributed by atoms with Crippen LogP contribution in [-0.2, 0) is 18.2 Å². The van der Waals surface area contributed by atoms with Gasteiger partial charge in [0.25, 0.3) is 0 Å². The molecule has 26 heavy (non-hydrogen) atoms. The number of nitrogens with zero attached hydrogens (tertiary/aromatic N) is 2. The van der Waals surface area contributed by atoms with E-state index < -0.39 is 5.97 Å². The van der Waals surface area contributed by atoms with E-state index in [2.05, 4.69) is 4.98 Å². The first-order valence-corrected chi connectivity index (χ1v) is 8.19. The van der Waals surface area contributed by atoms with E-state index in [1.54, 1.807) is 24.4 Å². The largest absolute Gasteiger partial charge is 0.465 e. The molecule has 0 amide bonds. The van der Waals surface area contributed by atoms with Crippen molar-refractivity contribution in [2.45, 2.75) is 6.42 Å². The highest BCUT2D eigenvalue weighted by atomic mass is 19.1. The molecule has 3 rings (SSSR count). The standard InChI is InChI=1S/C21H19FN2O2/c1-24-13-12-23-20(24)5-3-4-15-6-11-18(21(25)26-2)19(14-15)16-7-9-17(22)10-8-16/h3-4,6-14H,5H2,1-2H3. The fourth-order valence-corrected chi connectivity index (χ4v) is 2.72. The summed E-state index contributed by atoms with van der Waals surface area (Å²) in [5.41, 5.74) is 2.84. The predicted molar refractivity (Wildman–Crippen MR) is 99.1 cm³/mol. The van der Waals surface area contributed by atoms with E-state index in [9.17, 15) is 9.18 Å². The Morgan fingerprint density at radius 3 is 2.65 bits per heavy atom. The molecule has 0 aliphatic rings. The maximum Gasteiger partial charge on any atom is 0.338 e. The summed E-state index contributed by atoms with van der Waals surface area (Å²) in [6.45, 7) is 0. The third kappa shape index (κ3) is 3.88. The van der Waals surface area contributed by atoms with Gasteiger partial charge in [-0.05, 0) is 41.0 Å². The van der Waals surface area contributed by atoms with Crippen molar-refractivity contribution < 1.29 is 13.9 Å². The lowest BCUT2D eigenvalue weighted by Gasteiger charge is -2.10. The summed E-state index contributed by atoms with van der Waals surface area (Å²) in [5.74, 6) is 0.221. The number of methoxy groups -OCH3 is 1. The normalized spacial score (nSPS) is 11.0. The average Bonchev–Trinajstić information content (AvgIpc) is 3.06. The van der Waals surface area contributed by atoms with Crippen LogP contribution in [0.25, 0.3) is 17.2 Å². The molecule has 0 spiro atoms. The van der Waals surface area contributed by atoms with Crippen LogP contribution in [0.4, 0.5) is 4.39 Å². The highest BCUT2D eigenvalue weighted by Crippen LogP contribution is 2.26. The number of carbonyl (C=O) groups excluding carboxylic acids is 1. The van der Waals surface area contributed by atoms with E-state index in [-0.39, 0.29) is 5.82 Å². The van der Waals surface area contributed by atoms with Gasteiger partial charge in [0.1, 0.15) is 11.6 Å². The summed E-state index contributed by atoms with van der Waals surface area (Å²) in [6, 6.07) is 11.5. The molecule has 0 unspecified atom stereocenters. The van der Waals surface area contributed by atoms with Crippen LogP contribution in [0, 0.1) is 5.82 Å². The fraction of sp³-hybridized carbons (Fsp3) is 0.143. The second-order valence-electron chi connectivity index (χ2n) is 5.86. The topological polar surface area (TPSA) is 44.1 Å². The molecule has 0 radical (unpaired) electrons. The second kappa shape index (κ2) is 7.78. The molecular formula is C21H19FN2O2. The van der Waals surface area contributed by atoms with Gasteiger partial charge in [-0.3, -0.25) is 0 Å². The van der Waals surface area contributed by atoms with Crippen LogP contribution < -0.4 is 0 Å². The maximum absolute atomic E-state index is 13.2. The quantitative estimate of drug-likeness (QED) is 0.646. The minimum atomic E-state index is -0.423. The Morgan fingerprint density at radius 2 is 2.00 bits per heavy atom. The molecule has 1 aromatic heterocycles. The predicted octanol–water partition coefficient (Wildman–Crippen LogP) is 4.27. The van der Waals surface area contributed by atoms with E-state index >= 15 is 0 Å². The zero-order valence-electron chi connectivity index (χ0n) is 14.6. The van der Waals surface area contributed by atoms with Crippen molar-refractivity contribution in [2.24, 2.45) is 7.05 Å². The smallest absolute Gasteiger partial charge is 0.338 e. The van der Waals surface area contributed by atoms with Crippen LogP contribution in [-0.4, -0.2) is 22.6 Å². The molecule has 0 atom stereocenters. The molecule has 0 N–H and O–H groups in total. The van der Waals surface area contributed by atoms with Gasteiger partial charge in [0.15, 0.2) is 0 Å². The molecule has 132 valence electrons. The number of rotatable bonds is 5. The van der Waals surface area contributed by atoms with Crippen molar-refractivity contribution in [3.8, 4) is 11.1 Å². The summed E-state index contributed by atoms with van der Waals surface area (Å²) in [4.78, 5) is 16.4. The monoisotopic (exact) mass is 350 g/mol. The Hall–Kier alpha value is -3.21. The zero-order valence-corrected chi connectivity index (χ0v) is 14.6. The molecule has 0 fully saturated rings. The zero-order chi connectivity index (χ0) is 18.5. The van der Waals surface area contributed by atoms with E-state index in [0.29, 0.717) is 17.5 Å². The van der Waals surface area contributed by atoms with Crippen molar-refractivity contribution in [3.05, 3.63) is 83.7 Å². The maximum atomic E-state index is 13.2. The third-order valence-electron chi connectivity index (χ3n) is 4.14. The number of esters is 1. The van der Waals surface area contributed by atoms with Crippen LogP contribution in [0.2, 0.25) is 0 Å². The molecule has 3 aromatic rings. The van der Waals surface area contributed by atoms with Gasteiger partial charge < -0.3 is 9.30 Å². The van der Waals surface area contributed by atoms with Crippen molar-refractivity contribution in [1.82, 2.24) is 9.55 Å². The van der Waals surface area contributed by atoms with Gasteiger partial charge in [-0.1, -0.05) is 30.4 Å². The number of aromatic nitrogens is 2. The first kappa shape index (κ1) is 17.6. The lowest BCUT2D eigenvalue weighted by Crippen LogP contribution is -2.03. The van der Waals surface area contributed by atoms with Crippen molar-refractivity contribution in [3.63, 3.8) is 0 Å². The van der Waals surface area contributed by atoms with Gasteiger partial charge in [0.05, 0.1) is 12.7 Å². The number of aryl methyl sites for hydroxylation is 1. The minimum Gasteiger partial charge on any atom is -0.465 e. The Labute approximate surface area is 151 Å². The molecule has 0 aliphatic heterocycles. The second-order valence-corrected chi connectivity index (χ2v) is 5.86. The average molecular weight is 350 g/mol. The van der Waals surface area contributed by atoms with Gasteiger partial charge in [0, 0.05) is 25.9 Å². The molecule has 2 aromatic carbocycles. The summed E-state index contributed by atoms with van der Waals surface area (Å²) < 4.78 is 20.1. The van der Waals surface area contributed by atoms with Gasteiger partial charge in [-0.25, -0.2) is 14.2 Å². The number of hydrogen-bond donors (Lipinski definition) is 0. The van der Waals surface area contributed by atoms with Gasteiger partial charge in [-0.2, -0.15) is 0 Å². The van der Waals surface area contributed by atoms with E-state index in [1.165, 1.54) is 19.2 Å². The molecule has 0 saturated heterocycles. The van der Waals surface area contributed by atoms with Crippen LogP contribution in [0.5, 0.6) is 0 Å². The summed E-state index contributed by atoms with van der Waals surface area (Å²) in [6.07, 6.45) is 8.36. The number of imidazole rings is 1. The highest BCUT2D eigenvalue weighted by molar-refractivity contribution is 5.97. The summed E-state index contributed by atoms with van der Waals surface area (Å²) in [5, 5.41) is 0. The fourth-order valence-electron chi connectivity index (χ4n) is 2.72. The molecular weight excluding hydrogens is 331 g/mol. The van der Waals surface area contributed by atoms with Crippen LogP contribution in [0.1, 0.15) is 21.7 Å². The van der Waals surface area contributed by atoms with E-state index in [0.717, 1.165) is 17.0 Å². The molecule has 4 nitrogen and oxygen atoms in total. The highest BCUT2D eigenvalue weighted by Gasteiger charge is 2.13. The van der Waals surface area contributed by atoms with E-state index in [4.69, 9.17) is 4.74 Å². The first-order chi connectivity index (χ1) is 12.6. The molecule has 5 heteroatoms. The number of carbonyl (C=O) groups is 1. The molecule has 0 bridgehead atoms. The van der Waals surface area contributed by atoms with Crippen molar-refractivity contribution in [1.29, 1.82) is 0 Å². The molecule has 1 heterocycles. The van der Waals surface area contributed by atoms with Crippen molar-refractivity contribution >= 4 is 12.0 Å². The van der Waals surface area contributed by atoms with Gasteiger partial charge in [0.2, 0.25) is 0 Å². The first-order valence-electron chi connectivity index (χ1n) is 8.19. The van der Waals surface area contributed by atoms with Crippen molar-refractivity contribution in [2.75, 3.05) is 7.11 Å². The lowest BCUT2D eigenvalue weighted by molar-refractivity contribution is 0.0601. The SMILES string of the molecule is COC(=O)c1ccc(C=CCc2nccn2C)cc1-c1ccc(F)cc1. The van der Waals surface area contributed by atoms with Crippen LogP contribution >= 0.6 is 0 Å². The summed E-state index contributed by atoms with van der Waals surface area (Å²) in [7, 11) is 3.30. The van der Waals surface area contributed by atoms with Crippen LogP contribution in [0.3, 0.4) is 0 Å². The number of hydrogen-bond acceptors (Lipinski definition) is 3. The Morgan fingerprint density at radius 1 is 1.23 bits per heavy atom. The lowest BCUT2D eigenvalue weighted by atomic mass is 9.97. The number of ether oxygens (including phenoxy) is 1. The van der Waals surface area contributed by atoms with Crippen LogP contribution in [0.15, 0.2) is 60.9 Å². The molecule has 0 saturated carbocycles. The Kier molecular flexibility index (Phi) is 5.27. The minimum absolute atomic E-state index is 0.320. The Bertz CT molecular complexity index is 943. The number of allylic oxidation sites excluding steroid dienone is 1. The summed E-state index contributed by atoms with van der Waals surface area (Å²) >= 11 is 0. The number of benzene rings is 2. The van der Waals surface area contributed by atoms with E-state index in [1.807, 2.05) is 42.1 Å². The number of halogens is 1. The Balaban J connectivity index is 1.92. The van der Waals surface area contributed by atoms with Gasteiger partial charge in [-0.15, -0.1) is 0 Å². The molecule has 0 aliphatic carbocycles. The van der Waals surface area contributed by atoms with Gasteiger partial charge >= 0.3 is 5.97 Å².